The van der Waals surface area contributed by atoms with E-state index in [1.165, 1.54) is 0 Å². The summed E-state index contributed by atoms with van der Waals surface area (Å²) in [5.41, 5.74) is 2.31. The number of aromatic nitrogens is 3. The van der Waals surface area contributed by atoms with Crippen molar-refractivity contribution >= 4 is 17.1 Å². The van der Waals surface area contributed by atoms with Crippen LogP contribution in [0.15, 0.2) is 47.4 Å². The maximum absolute atomic E-state index is 13.0. The third-order valence-corrected chi connectivity index (χ3v) is 4.26. The zero-order valence-electron chi connectivity index (χ0n) is 15.1. The van der Waals surface area contributed by atoms with Crippen molar-refractivity contribution in [1.82, 2.24) is 14.1 Å². The van der Waals surface area contributed by atoms with E-state index in [9.17, 15) is 9.59 Å². The van der Waals surface area contributed by atoms with Gasteiger partial charge in [-0.2, -0.15) is 5.26 Å². The van der Waals surface area contributed by atoms with Crippen LogP contribution >= 0.6 is 0 Å². The van der Waals surface area contributed by atoms with Crippen LogP contribution in [-0.4, -0.2) is 26.7 Å². The van der Waals surface area contributed by atoms with E-state index >= 15 is 0 Å². The minimum absolute atomic E-state index is 0.190. The molecule has 3 rings (SSSR count). The van der Waals surface area contributed by atoms with E-state index in [0.717, 1.165) is 5.52 Å². The van der Waals surface area contributed by atoms with Crippen molar-refractivity contribution in [2.75, 3.05) is 6.61 Å². The first-order valence-corrected chi connectivity index (χ1v) is 8.88. The molecule has 0 saturated carbocycles. The topological polar surface area (TPSA) is 89.9 Å². The number of pyridine rings is 1. The van der Waals surface area contributed by atoms with Crippen molar-refractivity contribution in [1.29, 1.82) is 5.26 Å². The molecule has 2 heterocycles. The Morgan fingerprint density at radius 2 is 2.00 bits per heavy atom. The Kier molecular flexibility index (Phi) is 5.67. The van der Waals surface area contributed by atoms with Crippen LogP contribution in [0.5, 0.6) is 0 Å². The summed E-state index contributed by atoms with van der Waals surface area (Å²) in [5.74, 6) is -0.216. The summed E-state index contributed by atoms with van der Waals surface area (Å²) in [5, 5.41) is 8.95. The molecular weight excluding hydrogens is 344 g/mol. The van der Waals surface area contributed by atoms with E-state index in [4.69, 9.17) is 10.00 Å². The van der Waals surface area contributed by atoms with E-state index < -0.39 is 0 Å². The lowest BCUT2D eigenvalue weighted by molar-refractivity contribution is -0.143. The highest BCUT2D eigenvalue weighted by molar-refractivity contribution is 5.73. The van der Waals surface area contributed by atoms with Gasteiger partial charge in [0.1, 0.15) is 0 Å². The number of imidazole rings is 1. The van der Waals surface area contributed by atoms with Gasteiger partial charge in [-0.1, -0.05) is 0 Å². The molecule has 1 aromatic carbocycles. The Hall–Kier alpha value is -3.40. The van der Waals surface area contributed by atoms with Gasteiger partial charge in [0.05, 0.1) is 29.4 Å². The third-order valence-electron chi connectivity index (χ3n) is 4.26. The average molecular weight is 364 g/mol. The van der Waals surface area contributed by atoms with Crippen LogP contribution in [0, 0.1) is 11.3 Å². The molecule has 0 amide bonds. The molecule has 0 atom stereocenters. The van der Waals surface area contributed by atoms with Crippen LogP contribution in [0.4, 0.5) is 0 Å². The van der Waals surface area contributed by atoms with Crippen molar-refractivity contribution < 1.29 is 9.53 Å². The largest absolute Gasteiger partial charge is 0.466 e. The minimum atomic E-state index is -0.216. The lowest BCUT2D eigenvalue weighted by Gasteiger charge is -2.04. The van der Waals surface area contributed by atoms with Gasteiger partial charge < -0.3 is 4.74 Å². The number of carbonyl (C=O) groups is 1. The van der Waals surface area contributed by atoms with Gasteiger partial charge in [0.15, 0.2) is 5.65 Å². The van der Waals surface area contributed by atoms with E-state index in [-0.39, 0.29) is 11.7 Å². The molecule has 0 bridgehead atoms. The van der Waals surface area contributed by atoms with E-state index in [0.29, 0.717) is 49.3 Å². The Morgan fingerprint density at radius 3 is 2.70 bits per heavy atom. The number of rotatable bonds is 7. The van der Waals surface area contributed by atoms with E-state index in [2.05, 4.69) is 11.1 Å². The number of hydrogen-bond donors (Lipinski definition) is 0. The standard InChI is InChI=1S/C20H20N4O3/c1-2-27-18(25)7-3-4-13-23-17-6-5-12-22-19(17)24(20(23)26)16-10-8-15(14-21)9-11-16/h5-6,8-12H,2-4,7,13H2,1H3. The van der Waals surface area contributed by atoms with Crippen molar-refractivity contribution in [2.24, 2.45) is 0 Å². The molecular formula is C20H20N4O3. The fraction of sp³-hybridized carbons (Fsp3) is 0.300. The van der Waals surface area contributed by atoms with Gasteiger partial charge in [-0.3, -0.25) is 9.36 Å². The number of unbranched alkanes of at least 4 members (excludes halogenated alkanes) is 1. The fourth-order valence-electron chi connectivity index (χ4n) is 2.99. The maximum Gasteiger partial charge on any atom is 0.334 e. The summed E-state index contributed by atoms with van der Waals surface area (Å²) in [6.07, 6.45) is 3.32. The highest BCUT2D eigenvalue weighted by Gasteiger charge is 2.15. The Labute approximate surface area is 156 Å². The maximum atomic E-state index is 13.0. The molecule has 0 fully saturated rings. The normalized spacial score (nSPS) is 10.7. The van der Waals surface area contributed by atoms with Crippen LogP contribution in [0.1, 0.15) is 31.7 Å². The molecule has 0 unspecified atom stereocenters. The van der Waals surface area contributed by atoms with Crippen molar-refractivity contribution in [3.63, 3.8) is 0 Å². The summed E-state index contributed by atoms with van der Waals surface area (Å²) in [6, 6.07) is 12.5. The molecule has 27 heavy (non-hydrogen) atoms. The van der Waals surface area contributed by atoms with Gasteiger partial charge in [-0.15, -0.1) is 0 Å². The number of carbonyl (C=O) groups excluding carboxylic acids is 1. The molecule has 0 aliphatic rings. The summed E-state index contributed by atoms with van der Waals surface area (Å²) >= 11 is 0. The zero-order valence-corrected chi connectivity index (χ0v) is 15.1. The molecule has 0 spiro atoms. The fourth-order valence-corrected chi connectivity index (χ4v) is 2.99. The summed E-state index contributed by atoms with van der Waals surface area (Å²) in [7, 11) is 0. The number of hydrogen-bond acceptors (Lipinski definition) is 5. The van der Waals surface area contributed by atoms with Crippen LogP contribution in [-0.2, 0) is 16.1 Å². The SMILES string of the molecule is CCOC(=O)CCCCn1c(=O)n(-c2ccc(C#N)cc2)c2ncccc21. The van der Waals surface area contributed by atoms with Crippen molar-refractivity contribution in [3.05, 3.63) is 58.6 Å². The summed E-state index contributed by atoms with van der Waals surface area (Å²) in [6.45, 7) is 2.65. The van der Waals surface area contributed by atoms with Crippen LogP contribution in [0.25, 0.3) is 16.9 Å². The third kappa shape index (κ3) is 3.90. The molecule has 3 aromatic rings. The Bertz CT molecular complexity index is 1040. The van der Waals surface area contributed by atoms with E-state index in [1.54, 1.807) is 52.6 Å². The van der Waals surface area contributed by atoms with Crippen LogP contribution < -0.4 is 5.69 Å². The second-order valence-corrected chi connectivity index (χ2v) is 6.04. The quantitative estimate of drug-likeness (QED) is 0.475. The van der Waals surface area contributed by atoms with Crippen molar-refractivity contribution in [2.45, 2.75) is 32.7 Å². The number of aryl methyl sites for hydroxylation is 1. The van der Waals surface area contributed by atoms with Gasteiger partial charge in [0.2, 0.25) is 0 Å². The zero-order chi connectivity index (χ0) is 19.2. The first-order valence-electron chi connectivity index (χ1n) is 8.88. The number of esters is 1. The number of fused-ring (bicyclic) bond motifs is 1. The smallest absolute Gasteiger partial charge is 0.334 e. The van der Waals surface area contributed by atoms with Gasteiger partial charge in [-0.25, -0.2) is 14.3 Å². The lowest BCUT2D eigenvalue weighted by atomic mass is 10.2. The Morgan fingerprint density at radius 1 is 1.22 bits per heavy atom. The molecule has 0 N–H and O–H groups in total. The van der Waals surface area contributed by atoms with Gasteiger partial charge in [0, 0.05) is 19.2 Å². The monoisotopic (exact) mass is 364 g/mol. The first-order chi connectivity index (χ1) is 13.2. The number of benzene rings is 1. The number of nitriles is 1. The van der Waals surface area contributed by atoms with Gasteiger partial charge >= 0.3 is 11.7 Å². The molecule has 0 saturated heterocycles. The molecule has 0 aliphatic heterocycles. The predicted molar refractivity (Wildman–Crippen MR) is 101 cm³/mol. The minimum Gasteiger partial charge on any atom is -0.466 e. The average Bonchev–Trinajstić information content (AvgIpc) is 2.97. The predicted octanol–water partition coefficient (Wildman–Crippen LogP) is 2.79. The molecule has 2 aromatic heterocycles. The van der Waals surface area contributed by atoms with Crippen LogP contribution in [0.3, 0.4) is 0 Å². The molecule has 0 radical (unpaired) electrons. The molecule has 7 nitrogen and oxygen atoms in total. The summed E-state index contributed by atoms with van der Waals surface area (Å²) in [4.78, 5) is 28.8. The molecule has 7 heteroatoms. The highest BCUT2D eigenvalue weighted by atomic mass is 16.5. The second-order valence-electron chi connectivity index (χ2n) is 6.04. The van der Waals surface area contributed by atoms with Crippen molar-refractivity contribution in [3.8, 4) is 11.8 Å². The van der Waals surface area contributed by atoms with Gasteiger partial charge in [-0.05, 0) is 56.2 Å². The molecule has 0 aliphatic carbocycles. The van der Waals surface area contributed by atoms with Gasteiger partial charge in [0.25, 0.3) is 0 Å². The lowest BCUT2D eigenvalue weighted by Crippen LogP contribution is -2.23. The van der Waals surface area contributed by atoms with E-state index in [1.807, 2.05) is 6.07 Å². The second kappa shape index (κ2) is 8.32. The molecule has 138 valence electrons. The summed E-state index contributed by atoms with van der Waals surface area (Å²) < 4.78 is 8.14. The highest BCUT2D eigenvalue weighted by Crippen LogP contribution is 2.17. The number of ether oxygens (including phenoxy) is 1. The number of nitrogens with zero attached hydrogens (tertiary/aromatic N) is 4. The van der Waals surface area contributed by atoms with Crippen LogP contribution in [0.2, 0.25) is 0 Å². The Balaban J connectivity index is 1.88. The first kappa shape index (κ1) is 18.4.